The van der Waals surface area contributed by atoms with Crippen LogP contribution in [-0.4, -0.2) is 27.9 Å². The SMILES string of the molecule is CNc1cnc(C(=O)NC(C)c2cccnc2)cn1. The fraction of sp³-hybridized carbons (Fsp3) is 0.231. The molecule has 1 unspecified atom stereocenters. The van der Waals surface area contributed by atoms with Crippen LogP contribution in [0.3, 0.4) is 0 Å². The van der Waals surface area contributed by atoms with Gasteiger partial charge < -0.3 is 10.6 Å². The summed E-state index contributed by atoms with van der Waals surface area (Å²) in [6.07, 6.45) is 6.38. The number of hydrogen-bond acceptors (Lipinski definition) is 5. The standard InChI is InChI=1S/C13H15N5O/c1-9(10-4-3-5-15-6-10)18-13(19)11-7-17-12(14-2)8-16-11/h3-9H,1-2H3,(H,14,17)(H,18,19). The zero-order valence-electron chi connectivity index (χ0n) is 10.8. The molecule has 6 heteroatoms. The van der Waals surface area contributed by atoms with Gasteiger partial charge in [-0.05, 0) is 18.6 Å². The molecule has 0 aliphatic rings. The molecule has 0 bridgehead atoms. The third-order valence-corrected chi connectivity index (χ3v) is 2.67. The normalized spacial score (nSPS) is 11.7. The maximum atomic E-state index is 12.0. The molecule has 6 nitrogen and oxygen atoms in total. The third-order valence-electron chi connectivity index (χ3n) is 2.67. The largest absolute Gasteiger partial charge is 0.372 e. The summed E-state index contributed by atoms with van der Waals surface area (Å²) in [6.45, 7) is 1.89. The van der Waals surface area contributed by atoms with Gasteiger partial charge in [-0.3, -0.25) is 9.78 Å². The zero-order valence-corrected chi connectivity index (χ0v) is 10.8. The van der Waals surface area contributed by atoms with E-state index >= 15 is 0 Å². The van der Waals surface area contributed by atoms with Crippen molar-refractivity contribution in [2.75, 3.05) is 12.4 Å². The summed E-state index contributed by atoms with van der Waals surface area (Å²) in [5.74, 6) is 0.364. The monoisotopic (exact) mass is 257 g/mol. The fourth-order valence-electron chi connectivity index (χ4n) is 1.56. The number of nitrogens with zero attached hydrogens (tertiary/aromatic N) is 3. The topological polar surface area (TPSA) is 79.8 Å². The lowest BCUT2D eigenvalue weighted by Crippen LogP contribution is -2.27. The lowest BCUT2D eigenvalue weighted by molar-refractivity contribution is 0.0934. The van der Waals surface area contributed by atoms with Gasteiger partial charge in [-0.1, -0.05) is 6.07 Å². The van der Waals surface area contributed by atoms with Crippen molar-refractivity contribution in [2.24, 2.45) is 0 Å². The molecule has 0 aromatic carbocycles. The Labute approximate surface area is 111 Å². The summed E-state index contributed by atoms with van der Waals surface area (Å²) in [7, 11) is 1.74. The fourth-order valence-corrected chi connectivity index (χ4v) is 1.56. The second-order valence-corrected chi connectivity index (χ2v) is 4.02. The van der Waals surface area contributed by atoms with Gasteiger partial charge in [0.05, 0.1) is 18.4 Å². The molecule has 2 aromatic rings. The number of amides is 1. The summed E-state index contributed by atoms with van der Waals surface area (Å²) in [4.78, 5) is 24.1. The molecule has 1 amide bonds. The molecular formula is C13H15N5O. The van der Waals surface area contributed by atoms with Crippen molar-refractivity contribution in [2.45, 2.75) is 13.0 Å². The number of pyridine rings is 1. The molecule has 0 saturated carbocycles. The zero-order chi connectivity index (χ0) is 13.7. The third kappa shape index (κ3) is 3.25. The van der Waals surface area contributed by atoms with Crippen molar-refractivity contribution in [1.82, 2.24) is 20.3 Å². The van der Waals surface area contributed by atoms with Crippen LogP contribution in [0, 0.1) is 0 Å². The number of nitrogens with one attached hydrogen (secondary N) is 2. The average Bonchev–Trinajstić information content (AvgIpc) is 2.48. The van der Waals surface area contributed by atoms with Gasteiger partial charge in [0.15, 0.2) is 0 Å². The molecule has 19 heavy (non-hydrogen) atoms. The molecule has 0 aliphatic carbocycles. The van der Waals surface area contributed by atoms with E-state index < -0.39 is 0 Å². The van der Waals surface area contributed by atoms with E-state index in [1.54, 1.807) is 19.4 Å². The Morgan fingerprint density at radius 1 is 1.26 bits per heavy atom. The van der Waals surface area contributed by atoms with Gasteiger partial charge in [-0.15, -0.1) is 0 Å². The van der Waals surface area contributed by atoms with E-state index in [9.17, 15) is 4.79 Å². The molecule has 2 N–H and O–H groups in total. The van der Waals surface area contributed by atoms with Crippen LogP contribution in [0.1, 0.15) is 29.0 Å². The highest BCUT2D eigenvalue weighted by Crippen LogP contribution is 2.10. The molecule has 0 saturated heterocycles. The lowest BCUT2D eigenvalue weighted by Gasteiger charge is -2.13. The molecule has 0 radical (unpaired) electrons. The Morgan fingerprint density at radius 2 is 2.11 bits per heavy atom. The molecule has 1 atom stereocenters. The van der Waals surface area contributed by atoms with Crippen LogP contribution in [0.5, 0.6) is 0 Å². The van der Waals surface area contributed by atoms with Crippen molar-refractivity contribution < 1.29 is 4.79 Å². The number of carbonyl (C=O) groups is 1. The van der Waals surface area contributed by atoms with Crippen molar-refractivity contribution >= 4 is 11.7 Å². The summed E-state index contributed by atoms with van der Waals surface area (Å²) in [5.41, 5.74) is 1.23. The first-order valence-electron chi connectivity index (χ1n) is 5.91. The molecule has 98 valence electrons. The molecule has 2 rings (SSSR count). The first kappa shape index (κ1) is 12.9. The summed E-state index contributed by atoms with van der Waals surface area (Å²) in [5, 5.41) is 5.69. The van der Waals surface area contributed by atoms with E-state index in [4.69, 9.17) is 0 Å². The molecular weight excluding hydrogens is 242 g/mol. The molecule has 2 aromatic heterocycles. The molecule has 2 heterocycles. The predicted octanol–water partition coefficient (Wildman–Crippen LogP) is 1.40. The Bertz CT molecular complexity index is 541. The molecule has 0 spiro atoms. The maximum absolute atomic E-state index is 12.0. The second-order valence-electron chi connectivity index (χ2n) is 4.02. The van der Waals surface area contributed by atoms with Gasteiger partial charge >= 0.3 is 0 Å². The van der Waals surface area contributed by atoms with Gasteiger partial charge in [-0.25, -0.2) is 9.97 Å². The lowest BCUT2D eigenvalue weighted by atomic mass is 10.1. The Balaban J connectivity index is 2.04. The van der Waals surface area contributed by atoms with Gasteiger partial charge in [-0.2, -0.15) is 0 Å². The van der Waals surface area contributed by atoms with Crippen molar-refractivity contribution in [1.29, 1.82) is 0 Å². The highest BCUT2D eigenvalue weighted by atomic mass is 16.1. The minimum absolute atomic E-state index is 0.132. The number of anilines is 1. The van der Waals surface area contributed by atoms with Crippen LogP contribution >= 0.6 is 0 Å². The highest BCUT2D eigenvalue weighted by Gasteiger charge is 2.12. The van der Waals surface area contributed by atoms with Gasteiger partial charge in [0.2, 0.25) is 0 Å². The highest BCUT2D eigenvalue weighted by molar-refractivity contribution is 5.92. The van der Waals surface area contributed by atoms with Gasteiger partial charge in [0.1, 0.15) is 11.5 Å². The van der Waals surface area contributed by atoms with Crippen LogP contribution in [0.2, 0.25) is 0 Å². The Morgan fingerprint density at radius 3 is 2.68 bits per heavy atom. The average molecular weight is 257 g/mol. The second kappa shape index (κ2) is 5.90. The summed E-state index contributed by atoms with van der Waals surface area (Å²) in [6, 6.07) is 3.61. The van der Waals surface area contributed by atoms with Crippen molar-refractivity contribution in [3.8, 4) is 0 Å². The van der Waals surface area contributed by atoms with Crippen LogP contribution in [-0.2, 0) is 0 Å². The van der Waals surface area contributed by atoms with E-state index in [-0.39, 0.29) is 17.6 Å². The predicted molar refractivity (Wildman–Crippen MR) is 71.7 cm³/mol. The van der Waals surface area contributed by atoms with Crippen LogP contribution in [0.15, 0.2) is 36.9 Å². The van der Waals surface area contributed by atoms with Gasteiger partial charge in [0.25, 0.3) is 5.91 Å². The van der Waals surface area contributed by atoms with E-state index in [1.807, 2.05) is 19.1 Å². The van der Waals surface area contributed by atoms with Crippen LogP contribution in [0.4, 0.5) is 5.82 Å². The van der Waals surface area contributed by atoms with E-state index in [0.717, 1.165) is 5.56 Å². The van der Waals surface area contributed by atoms with E-state index in [2.05, 4.69) is 25.6 Å². The van der Waals surface area contributed by atoms with Crippen molar-refractivity contribution in [3.63, 3.8) is 0 Å². The first-order valence-corrected chi connectivity index (χ1v) is 5.91. The minimum atomic E-state index is -0.258. The van der Waals surface area contributed by atoms with Gasteiger partial charge in [0, 0.05) is 19.4 Å². The minimum Gasteiger partial charge on any atom is -0.372 e. The number of carbonyl (C=O) groups excluding carboxylic acids is 1. The smallest absolute Gasteiger partial charge is 0.271 e. The Hall–Kier alpha value is -2.50. The summed E-state index contributed by atoms with van der Waals surface area (Å²) < 4.78 is 0. The quantitative estimate of drug-likeness (QED) is 0.865. The van der Waals surface area contributed by atoms with E-state index in [0.29, 0.717) is 5.82 Å². The number of aromatic nitrogens is 3. The number of rotatable bonds is 4. The maximum Gasteiger partial charge on any atom is 0.271 e. The number of hydrogen-bond donors (Lipinski definition) is 2. The summed E-state index contributed by atoms with van der Waals surface area (Å²) >= 11 is 0. The van der Waals surface area contributed by atoms with Crippen molar-refractivity contribution in [3.05, 3.63) is 48.2 Å². The van der Waals surface area contributed by atoms with E-state index in [1.165, 1.54) is 12.4 Å². The first-order chi connectivity index (χ1) is 9.20. The molecule has 0 fully saturated rings. The van der Waals surface area contributed by atoms with Crippen LogP contribution in [0.25, 0.3) is 0 Å². The molecule has 0 aliphatic heterocycles. The van der Waals surface area contributed by atoms with Crippen LogP contribution < -0.4 is 10.6 Å². The Kier molecular flexibility index (Phi) is 4.02.